The molecule has 0 bridgehead atoms. The van der Waals surface area contributed by atoms with E-state index in [1.54, 1.807) is 0 Å². The van der Waals surface area contributed by atoms with Crippen LogP contribution in [0.2, 0.25) is 0 Å². The molecule has 0 fully saturated rings. The molecule has 0 aliphatic carbocycles. The maximum Gasteiger partial charge on any atom is 0.381 e. The van der Waals surface area contributed by atoms with E-state index in [-0.39, 0.29) is 0 Å². The normalized spacial score (nSPS) is 19.3. The zero-order valence-electron chi connectivity index (χ0n) is 4.58. The molecule has 0 atom stereocenters. The van der Waals surface area contributed by atoms with Crippen molar-refractivity contribution in [1.29, 1.82) is 0 Å². The van der Waals surface area contributed by atoms with Gasteiger partial charge in [-0.05, 0) is 0 Å². The van der Waals surface area contributed by atoms with Gasteiger partial charge in [-0.1, -0.05) is 0 Å². The zero-order chi connectivity index (χ0) is 7.00. The molecule has 1 nitrogen and oxygen atoms in total. The summed E-state index contributed by atoms with van der Waals surface area (Å²) < 4.78 is 44.5. The third kappa shape index (κ3) is 3.75. The van der Waals surface area contributed by atoms with E-state index in [0.717, 1.165) is 0 Å². The summed E-state index contributed by atoms with van der Waals surface area (Å²) in [4.78, 5) is 0. The Morgan fingerprint density at radius 2 is 2.00 bits per heavy atom. The van der Waals surface area contributed by atoms with E-state index in [0.29, 0.717) is 0 Å². The quantitative estimate of drug-likeness (QED) is 0.512. The van der Waals surface area contributed by atoms with Crippen molar-refractivity contribution >= 4 is 0 Å². The van der Waals surface area contributed by atoms with Gasteiger partial charge < -0.3 is 5.11 Å². The van der Waals surface area contributed by atoms with Crippen molar-refractivity contribution in [3.05, 3.63) is 0 Å². The number of rotatable bonds is 1. The van der Waals surface area contributed by atoms with Crippen LogP contribution in [0.1, 0.15) is 2.74 Å². The first-order chi connectivity index (χ1) is 3.25. The molecule has 0 heterocycles. The highest BCUT2D eigenvalue weighted by atomic mass is 19.3. The molecule has 0 saturated carbocycles. The number of hydrogen-bond donors (Lipinski definition) is 1. The van der Waals surface area contributed by atoms with Crippen molar-refractivity contribution < 1.29 is 21.0 Å². The van der Waals surface area contributed by atoms with E-state index in [4.69, 9.17) is 7.85 Å². The van der Waals surface area contributed by atoms with Crippen LogP contribution >= 0.6 is 0 Å². The van der Waals surface area contributed by atoms with Gasteiger partial charge in [0.25, 0.3) is 0 Å². The largest absolute Gasteiger partial charge is 0.381 e. The Hall–Kier alpha value is -0.250. The molecule has 0 aliphatic heterocycles. The predicted octanol–water partition coefficient (Wildman–Crippen LogP) is 0.541. The minimum atomic E-state index is -4.90. The SMILES string of the molecule is [2H]C([2H])(F)C(O)(F)F. The molecule has 0 unspecified atom stereocenters. The number of hydrogen-bond acceptors (Lipinski definition) is 1. The minimum absolute atomic E-state index is 4.34. The predicted molar refractivity (Wildman–Crippen MR) is 13.1 cm³/mol. The summed E-state index contributed by atoms with van der Waals surface area (Å²) in [5, 5.41) is 7.27. The lowest BCUT2D eigenvalue weighted by molar-refractivity contribution is -0.208. The van der Waals surface area contributed by atoms with Gasteiger partial charge in [0.1, 0.15) is 0 Å². The molecule has 0 aromatic heterocycles. The topological polar surface area (TPSA) is 20.2 Å². The summed E-state index contributed by atoms with van der Waals surface area (Å²) in [6.07, 6.45) is -4.90. The lowest BCUT2D eigenvalue weighted by atomic mass is 10.7. The molecule has 0 rings (SSSR count). The summed E-state index contributed by atoms with van der Waals surface area (Å²) in [6.45, 7) is -4.34. The van der Waals surface area contributed by atoms with Gasteiger partial charge in [-0.25, -0.2) is 4.39 Å². The van der Waals surface area contributed by atoms with Gasteiger partial charge in [0.15, 0.2) is 6.63 Å². The molecule has 6 heavy (non-hydrogen) atoms. The fraction of sp³-hybridized carbons (Fsp3) is 1.00. The Morgan fingerprint density at radius 1 is 1.83 bits per heavy atom. The molecule has 0 amide bonds. The van der Waals surface area contributed by atoms with Crippen LogP contribution in [-0.4, -0.2) is 17.8 Å². The van der Waals surface area contributed by atoms with Crippen LogP contribution in [0.5, 0.6) is 0 Å². The number of halogens is 3. The Balaban J connectivity index is 4.02. The monoisotopic (exact) mass is 102 g/mol. The average Bonchev–Trinajstić information content (AvgIpc) is 1.25. The van der Waals surface area contributed by atoms with E-state index >= 15 is 0 Å². The molecule has 0 radical (unpaired) electrons. The lowest BCUT2D eigenvalue weighted by Gasteiger charge is -1.97. The summed E-state index contributed by atoms with van der Waals surface area (Å²) in [5.74, 6) is 0. The van der Waals surface area contributed by atoms with Crippen LogP contribution in [0, 0.1) is 0 Å². The van der Waals surface area contributed by atoms with Gasteiger partial charge in [0, 0.05) is 0 Å². The van der Waals surface area contributed by atoms with Crippen molar-refractivity contribution in [1.82, 2.24) is 0 Å². The highest BCUT2D eigenvalue weighted by Gasteiger charge is 2.22. The molecule has 0 saturated heterocycles. The van der Waals surface area contributed by atoms with E-state index in [1.807, 2.05) is 0 Å². The second-order valence-corrected chi connectivity index (χ2v) is 0.636. The lowest BCUT2D eigenvalue weighted by Crippen LogP contribution is -2.15. The number of alkyl halides is 3. The molecule has 0 spiro atoms. The second-order valence-electron chi connectivity index (χ2n) is 0.636. The first kappa shape index (κ1) is 2.85. The Morgan fingerprint density at radius 3 is 2.00 bits per heavy atom. The van der Waals surface area contributed by atoms with Gasteiger partial charge in [-0.2, -0.15) is 8.78 Å². The fourth-order valence-electron chi connectivity index (χ4n) is 0. The molecule has 0 aliphatic rings. The van der Waals surface area contributed by atoms with Gasteiger partial charge in [0.05, 0.1) is 2.74 Å². The first-order valence-electron chi connectivity index (χ1n) is 2.04. The van der Waals surface area contributed by atoms with Crippen molar-refractivity contribution in [3.63, 3.8) is 0 Å². The molecular formula is C2H3F3O. The summed E-state index contributed by atoms with van der Waals surface area (Å²) >= 11 is 0. The molecular weight excluding hydrogens is 97.0 g/mol. The summed E-state index contributed by atoms with van der Waals surface area (Å²) in [6, 6.07) is 0. The van der Waals surface area contributed by atoms with E-state index in [1.165, 1.54) is 0 Å². The Kier molecular flexibility index (Phi) is 0.696. The first-order valence-corrected chi connectivity index (χ1v) is 1.04. The standard InChI is InChI=1S/C2H3F3O/c3-1-2(4,5)6/h6H,1H2/i1D2. The smallest absolute Gasteiger partial charge is 0.334 e. The van der Waals surface area contributed by atoms with Crippen molar-refractivity contribution in [3.8, 4) is 0 Å². The average molecular weight is 102 g/mol. The van der Waals surface area contributed by atoms with Crippen LogP contribution in [0.15, 0.2) is 0 Å². The molecule has 0 aromatic carbocycles. The highest BCUT2D eigenvalue weighted by Crippen LogP contribution is 2.06. The van der Waals surface area contributed by atoms with Gasteiger partial charge >= 0.3 is 6.11 Å². The maximum absolute atomic E-state index is 11.2. The van der Waals surface area contributed by atoms with Gasteiger partial charge in [0.2, 0.25) is 0 Å². The van der Waals surface area contributed by atoms with Crippen LogP contribution in [0.25, 0.3) is 0 Å². The fourth-order valence-corrected chi connectivity index (χ4v) is 0. The van der Waals surface area contributed by atoms with Gasteiger partial charge in [-0.3, -0.25) is 0 Å². The van der Waals surface area contributed by atoms with Crippen LogP contribution in [0.3, 0.4) is 0 Å². The Labute approximate surface area is 35.2 Å². The Bertz CT molecular complexity index is 70.3. The molecule has 1 N–H and O–H groups in total. The van der Waals surface area contributed by atoms with Crippen LogP contribution in [0.4, 0.5) is 13.2 Å². The van der Waals surface area contributed by atoms with Crippen LogP contribution < -0.4 is 0 Å². The van der Waals surface area contributed by atoms with E-state index in [2.05, 4.69) is 0 Å². The van der Waals surface area contributed by atoms with E-state index < -0.39 is 12.7 Å². The van der Waals surface area contributed by atoms with Crippen molar-refractivity contribution in [2.75, 3.05) is 6.63 Å². The third-order valence-electron chi connectivity index (χ3n) is 0.114. The summed E-state index contributed by atoms with van der Waals surface area (Å²) in [7, 11) is 0. The third-order valence-corrected chi connectivity index (χ3v) is 0.114. The maximum atomic E-state index is 11.2. The van der Waals surface area contributed by atoms with Crippen molar-refractivity contribution in [2.45, 2.75) is 6.11 Å². The van der Waals surface area contributed by atoms with Crippen molar-refractivity contribution in [2.24, 2.45) is 0 Å². The zero-order valence-corrected chi connectivity index (χ0v) is 2.58. The van der Waals surface area contributed by atoms with Crippen LogP contribution in [-0.2, 0) is 0 Å². The van der Waals surface area contributed by atoms with E-state index in [9.17, 15) is 13.2 Å². The molecule has 38 valence electrons. The van der Waals surface area contributed by atoms with Gasteiger partial charge in [-0.15, -0.1) is 0 Å². The molecule has 0 aromatic rings. The second kappa shape index (κ2) is 1.47. The minimum Gasteiger partial charge on any atom is -0.334 e. The highest BCUT2D eigenvalue weighted by molar-refractivity contribution is 4.38. The number of aliphatic hydroxyl groups is 1. The molecule has 4 heteroatoms. The summed E-state index contributed by atoms with van der Waals surface area (Å²) in [5.41, 5.74) is 0.